The molecule has 0 aliphatic rings. The van der Waals surface area contributed by atoms with E-state index in [2.05, 4.69) is 48.9 Å². The topological polar surface area (TPSA) is 26.0 Å². The fourth-order valence-corrected chi connectivity index (χ4v) is 4.07. The molecule has 24 heavy (non-hydrogen) atoms. The van der Waals surface area contributed by atoms with Crippen LogP contribution in [0.5, 0.6) is 0 Å². The summed E-state index contributed by atoms with van der Waals surface area (Å²) in [6, 6.07) is 19.9. The SMILES string of the molecule is C[Si](C)(C)c1cc[c-]c(-c2nccc3c2oc2ccccc23)c1.[Ir]. The van der Waals surface area contributed by atoms with Crippen molar-refractivity contribution in [1.29, 1.82) is 0 Å². The second-order valence-corrected chi connectivity index (χ2v) is 12.0. The number of para-hydroxylation sites is 1. The molecule has 2 aromatic heterocycles. The average molecular weight is 509 g/mol. The van der Waals surface area contributed by atoms with Gasteiger partial charge >= 0.3 is 0 Å². The van der Waals surface area contributed by atoms with Crippen LogP contribution in [0, 0.1) is 6.07 Å². The van der Waals surface area contributed by atoms with E-state index in [0.29, 0.717) is 0 Å². The minimum absolute atomic E-state index is 0. The predicted molar refractivity (Wildman–Crippen MR) is 98.8 cm³/mol. The normalized spacial score (nSPS) is 11.6. The maximum absolute atomic E-state index is 6.09. The van der Waals surface area contributed by atoms with Crippen LogP contribution in [0.25, 0.3) is 33.2 Å². The zero-order valence-corrected chi connectivity index (χ0v) is 17.3. The van der Waals surface area contributed by atoms with Gasteiger partial charge in [-0.2, -0.15) is 0 Å². The van der Waals surface area contributed by atoms with E-state index in [9.17, 15) is 0 Å². The van der Waals surface area contributed by atoms with E-state index in [1.54, 1.807) is 0 Å². The standard InChI is InChI=1S/C20H18NOSi.Ir/c1-23(2,3)15-8-6-7-14(13-15)19-20-17(11-12-21-19)16-9-4-5-10-18(16)22-20;/h4-6,8-13H,1-3H3;/q-1;. The molecule has 4 aromatic rings. The van der Waals surface area contributed by atoms with Gasteiger partial charge in [0.1, 0.15) is 11.2 Å². The fraction of sp³-hybridized carbons (Fsp3) is 0.150. The first-order valence-corrected chi connectivity index (χ1v) is 11.3. The van der Waals surface area contributed by atoms with Crippen molar-refractivity contribution in [1.82, 2.24) is 4.98 Å². The third kappa shape index (κ3) is 2.86. The number of pyridine rings is 1. The molecule has 0 N–H and O–H groups in total. The maximum Gasteiger partial charge on any atom is 0.134 e. The Labute approximate surface area is 156 Å². The molecule has 0 aliphatic carbocycles. The number of nitrogens with zero attached hydrogens (tertiary/aromatic N) is 1. The molecule has 0 aliphatic heterocycles. The third-order valence-electron chi connectivity index (χ3n) is 4.22. The summed E-state index contributed by atoms with van der Waals surface area (Å²) in [4.78, 5) is 4.59. The largest absolute Gasteiger partial charge is 0.464 e. The van der Waals surface area contributed by atoms with Crippen LogP contribution in [0.4, 0.5) is 0 Å². The van der Waals surface area contributed by atoms with Gasteiger partial charge in [-0.05, 0) is 12.1 Å². The molecular weight excluding hydrogens is 491 g/mol. The molecule has 0 unspecified atom stereocenters. The Kier molecular flexibility index (Phi) is 4.47. The Morgan fingerprint density at radius 1 is 1.00 bits per heavy atom. The first-order chi connectivity index (χ1) is 11.0. The Bertz CT molecular complexity index is 1020. The molecule has 4 rings (SSSR count). The van der Waals surface area contributed by atoms with Gasteiger partial charge in [0, 0.05) is 42.8 Å². The van der Waals surface area contributed by atoms with E-state index < -0.39 is 8.07 Å². The number of rotatable bonds is 2. The fourth-order valence-electron chi connectivity index (χ4n) is 2.91. The van der Waals surface area contributed by atoms with Crippen molar-refractivity contribution in [2.45, 2.75) is 19.6 Å². The molecular formula is C20H18IrNOSi-. The quantitative estimate of drug-likeness (QED) is 0.282. The molecule has 2 heterocycles. The number of hydrogen-bond acceptors (Lipinski definition) is 2. The number of aromatic nitrogens is 1. The molecule has 4 heteroatoms. The summed E-state index contributed by atoms with van der Waals surface area (Å²) in [6.07, 6.45) is 1.86. The molecule has 2 aromatic carbocycles. The summed E-state index contributed by atoms with van der Waals surface area (Å²) in [6.45, 7) is 7.05. The van der Waals surface area contributed by atoms with Crippen LogP contribution >= 0.6 is 0 Å². The molecule has 0 amide bonds. The van der Waals surface area contributed by atoms with Crippen molar-refractivity contribution in [3.8, 4) is 11.3 Å². The Morgan fingerprint density at radius 3 is 2.58 bits per heavy atom. The van der Waals surface area contributed by atoms with Crippen molar-refractivity contribution >= 4 is 35.2 Å². The van der Waals surface area contributed by atoms with E-state index in [1.807, 2.05) is 36.5 Å². The summed E-state index contributed by atoms with van der Waals surface area (Å²) in [5.74, 6) is 0. The molecule has 0 bridgehead atoms. The van der Waals surface area contributed by atoms with E-state index in [4.69, 9.17) is 4.42 Å². The van der Waals surface area contributed by atoms with Crippen LogP contribution in [0.15, 0.2) is 59.1 Å². The van der Waals surface area contributed by atoms with Gasteiger partial charge in [0.05, 0.1) is 8.07 Å². The van der Waals surface area contributed by atoms with Gasteiger partial charge in [-0.25, -0.2) is 0 Å². The first-order valence-electron chi connectivity index (χ1n) is 7.83. The summed E-state index contributed by atoms with van der Waals surface area (Å²) >= 11 is 0. The van der Waals surface area contributed by atoms with Gasteiger partial charge in [-0.15, -0.1) is 35.0 Å². The second-order valence-electron chi connectivity index (χ2n) is 6.88. The molecule has 0 fully saturated rings. The van der Waals surface area contributed by atoms with E-state index in [-0.39, 0.29) is 20.1 Å². The van der Waals surface area contributed by atoms with Crippen molar-refractivity contribution in [2.24, 2.45) is 0 Å². The Hall–Kier alpha value is -1.74. The van der Waals surface area contributed by atoms with Crippen LogP contribution in [-0.2, 0) is 20.1 Å². The monoisotopic (exact) mass is 509 g/mol. The first kappa shape index (κ1) is 17.1. The molecule has 0 saturated carbocycles. The van der Waals surface area contributed by atoms with Crippen molar-refractivity contribution in [3.05, 3.63) is 60.8 Å². The summed E-state index contributed by atoms with van der Waals surface area (Å²) in [7, 11) is -1.38. The second kappa shape index (κ2) is 6.28. The summed E-state index contributed by atoms with van der Waals surface area (Å²) in [5, 5.41) is 3.64. The van der Waals surface area contributed by atoms with Crippen LogP contribution in [0.2, 0.25) is 19.6 Å². The molecule has 0 saturated heterocycles. The minimum Gasteiger partial charge on any atom is -0.464 e. The zero-order valence-electron chi connectivity index (χ0n) is 13.9. The van der Waals surface area contributed by atoms with Crippen LogP contribution in [-0.4, -0.2) is 13.1 Å². The van der Waals surface area contributed by atoms with E-state index in [0.717, 1.165) is 33.2 Å². The summed E-state index contributed by atoms with van der Waals surface area (Å²) < 4.78 is 6.09. The van der Waals surface area contributed by atoms with Crippen molar-refractivity contribution < 1.29 is 24.5 Å². The van der Waals surface area contributed by atoms with Crippen molar-refractivity contribution in [2.75, 3.05) is 0 Å². The van der Waals surface area contributed by atoms with Crippen LogP contribution in [0.3, 0.4) is 0 Å². The molecule has 1 radical (unpaired) electrons. The Balaban J connectivity index is 0.00000169. The van der Waals surface area contributed by atoms with E-state index >= 15 is 0 Å². The maximum atomic E-state index is 6.09. The smallest absolute Gasteiger partial charge is 0.134 e. The van der Waals surface area contributed by atoms with Crippen molar-refractivity contribution in [3.63, 3.8) is 0 Å². The predicted octanol–water partition coefficient (Wildman–Crippen LogP) is 4.99. The van der Waals surface area contributed by atoms with Gasteiger partial charge in [-0.1, -0.05) is 37.8 Å². The molecule has 123 valence electrons. The van der Waals surface area contributed by atoms with Gasteiger partial charge in [0.2, 0.25) is 0 Å². The third-order valence-corrected chi connectivity index (χ3v) is 6.26. The molecule has 0 atom stereocenters. The zero-order chi connectivity index (χ0) is 16.0. The Morgan fingerprint density at radius 2 is 1.79 bits per heavy atom. The number of fused-ring (bicyclic) bond motifs is 3. The van der Waals surface area contributed by atoms with Crippen LogP contribution in [0.1, 0.15) is 0 Å². The van der Waals surface area contributed by atoms with Gasteiger partial charge in [0.25, 0.3) is 0 Å². The summed E-state index contributed by atoms with van der Waals surface area (Å²) in [5.41, 5.74) is 3.63. The van der Waals surface area contributed by atoms with E-state index in [1.165, 1.54) is 5.19 Å². The van der Waals surface area contributed by atoms with Gasteiger partial charge in [0.15, 0.2) is 0 Å². The number of benzene rings is 2. The number of furan rings is 1. The average Bonchev–Trinajstić information content (AvgIpc) is 2.93. The molecule has 0 spiro atoms. The number of hydrogen-bond donors (Lipinski definition) is 0. The van der Waals surface area contributed by atoms with Gasteiger partial charge in [-0.3, -0.25) is 0 Å². The molecule has 2 nitrogen and oxygen atoms in total. The van der Waals surface area contributed by atoms with Gasteiger partial charge < -0.3 is 9.40 Å². The minimum atomic E-state index is -1.38. The van der Waals surface area contributed by atoms with Crippen LogP contribution < -0.4 is 5.19 Å².